The summed E-state index contributed by atoms with van der Waals surface area (Å²) in [7, 11) is 4.15. The zero-order chi connectivity index (χ0) is 26.7. The van der Waals surface area contributed by atoms with Crippen LogP contribution >= 0.6 is 0 Å². The second kappa shape index (κ2) is 9.28. The Bertz CT molecular complexity index is 1380. The van der Waals surface area contributed by atoms with Gasteiger partial charge in [0.25, 0.3) is 0 Å². The minimum Gasteiger partial charge on any atom is -0.378 e. The summed E-state index contributed by atoms with van der Waals surface area (Å²) in [6, 6.07) is 17.3. The van der Waals surface area contributed by atoms with E-state index < -0.39 is 5.60 Å². The number of nitrogens with zero attached hydrogens (tertiary/aromatic N) is 1. The smallest absolute Gasteiger partial charge is 0.156 e. The number of carbonyl (C=O) groups excluding carboxylic acids is 1. The molecule has 3 nitrogen and oxygen atoms in total. The quantitative estimate of drug-likeness (QED) is 0.459. The lowest BCUT2D eigenvalue weighted by atomic mass is 9.51. The van der Waals surface area contributed by atoms with E-state index in [0.29, 0.717) is 18.3 Å². The maximum atomic E-state index is 12.3. The van der Waals surface area contributed by atoms with Crippen LogP contribution in [0.25, 0.3) is 0 Å². The average Bonchev–Trinajstić information content (AvgIpc) is 3.18. The van der Waals surface area contributed by atoms with Gasteiger partial charge in [0.05, 0.1) is 0 Å². The number of rotatable bonds is 2. The molecule has 0 radical (unpaired) electrons. The van der Waals surface area contributed by atoms with E-state index in [2.05, 4.69) is 93.2 Å². The fraction of sp³-hybridized carbons (Fsp3) is 0.457. The second-order valence-corrected chi connectivity index (χ2v) is 12.5. The first-order chi connectivity index (χ1) is 18.2. The molecule has 0 bridgehead atoms. The highest BCUT2D eigenvalue weighted by Crippen LogP contribution is 2.66. The molecule has 0 unspecified atom stereocenters. The largest absolute Gasteiger partial charge is 0.378 e. The summed E-state index contributed by atoms with van der Waals surface area (Å²) < 4.78 is 0. The summed E-state index contributed by atoms with van der Waals surface area (Å²) in [4.78, 5) is 14.4. The molecule has 0 amide bonds. The van der Waals surface area contributed by atoms with Gasteiger partial charge in [-0.2, -0.15) is 0 Å². The Morgan fingerprint density at radius 2 is 1.71 bits per heavy atom. The summed E-state index contributed by atoms with van der Waals surface area (Å²) in [6.07, 6.45) is 8.06. The molecule has 2 aromatic carbocycles. The molecule has 0 saturated heterocycles. The third-order valence-corrected chi connectivity index (χ3v) is 10.2. The third kappa shape index (κ3) is 4.05. The highest BCUT2D eigenvalue weighted by molar-refractivity contribution is 5.93. The third-order valence-electron chi connectivity index (χ3n) is 10.2. The number of ketones is 1. The summed E-state index contributed by atoms with van der Waals surface area (Å²) in [5, 5.41) is 12.2. The molecule has 2 fully saturated rings. The van der Waals surface area contributed by atoms with Gasteiger partial charge in [-0.05, 0) is 104 Å². The van der Waals surface area contributed by atoms with E-state index in [1.165, 1.54) is 28.0 Å². The van der Waals surface area contributed by atoms with Crippen LogP contribution in [0, 0.1) is 36.0 Å². The van der Waals surface area contributed by atoms with E-state index >= 15 is 0 Å². The van der Waals surface area contributed by atoms with Crippen LogP contribution in [0.2, 0.25) is 0 Å². The molecular weight excluding hydrogens is 466 g/mol. The van der Waals surface area contributed by atoms with Crippen LogP contribution in [0.15, 0.2) is 71.3 Å². The number of allylic oxidation sites excluding steroid dienone is 4. The van der Waals surface area contributed by atoms with Gasteiger partial charge in [-0.15, -0.1) is 0 Å². The SMILES string of the molecule is Cc1ccc(C#C[C@]2(O)CC[C@H]3[C@@H]4CCC5=CC(=O)CCC5=C4[C@@H](c4ccc(N(C)C)cc4)C[C@@]32C)cc1. The van der Waals surface area contributed by atoms with E-state index in [0.717, 1.165) is 44.1 Å². The Morgan fingerprint density at radius 1 is 0.974 bits per heavy atom. The summed E-state index contributed by atoms with van der Waals surface area (Å²) >= 11 is 0. The van der Waals surface area contributed by atoms with Crippen molar-refractivity contribution in [2.24, 2.45) is 17.3 Å². The first kappa shape index (κ1) is 25.2. The predicted molar refractivity (Wildman–Crippen MR) is 154 cm³/mol. The fourth-order valence-corrected chi connectivity index (χ4v) is 7.99. The molecule has 1 N–H and O–H groups in total. The second-order valence-electron chi connectivity index (χ2n) is 12.5. The van der Waals surface area contributed by atoms with E-state index in [4.69, 9.17) is 0 Å². The Kier molecular flexibility index (Phi) is 6.15. The predicted octanol–water partition coefficient (Wildman–Crippen LogP) is 6.74. The van der Waals surface area contributed by atoms with Crippen molar-refractivity contribution in [3.05, 3.63) is 88.0 Å². The van der Waals surface area contributed by atoms with E-state index in [1.807, 2.05) is 6.08 Å². The molecule has 4 aliphatic rings. The van der Waals surface area contributed by atoms with Crippen molar-refractivity contribution in [3.8, 4) is 11.8 Å². The zero-order valence-corrected chi connectivity index (χ0v) is 23.2. The first-order valence-electron chi connectivity index (χ1n) is 14.2. The van der Waals surface area contributed by atoms with Gasteiger partial charge < -0.3 is 10.0 Å². The van der Waals surface area contributed by atoms with Crippen LogP contribution in [-0.2, 0) is 4.79 Å². The van der Waals surface area contributed by atoms with Crippen LogP contribution in [0.5, 0.6) is 0 Å². The lowest BCUT2D eigenvalue weighted by Gasteiger charge is -2.53. The number of fused-ring (bicyclic) bond motifs is 4. The average molecular weight is 506 g/mol. The van der Waals surface area contributed by atoms with E-state index in [1.54, 1.807) is 5.57 Å². The molecule has 5 atom stereocenters. The Hall–Kier alpha value is -3.09. The van der Waals surface area contributed by atoms with Crippen molar-refractivity contribution in [2.75, 3.05) is 19.0 Å². The van der Waals surface area contributed by atoms with Crippen LogP contribution in [0.3, 0.4) is 0 Å². The summed E-state index contributed by atoms with van der Waals surface area (Å²) in [5.74, 6) is 8.10. The number of aliphatic hydroxyl groups is 1. The number of benzene rings is 2. The van der Waals surface area contributed by atoms with Gasteiger partial charge in [-0.1, -0.05) is 54.2 Å². The highest BCUT2D eigenvalue weighted by atomic mass is 16.3. The van der Waals surface area contributed by atoms with Gasteiger partial charge in [0.1, 0.15) is 5.60 Å². The summed E-state index contributed by atoms with van der Waals surface area (Å²) in [5.41, 5.74) is 7.67. The van der Waals surface area contributed by atoms with Crippen LogP contribution in [0.4, 0.5) is 5.69 Å². The van der Waals surface area contributed by atoms with Gasteiger partial charge in [0, 0.05) is 43.1 Å². The fourth-order valence-electron chi connectivity index (χ4n) is 7.99. The van der Waals surface area contributed by atoms with Crippen LogP contribution < -0.4 is 4.90 Å². The molecule has 0 aliphatic heterocycles. The molecule has 4 aliphatic carbocycles. The molecule has 3 heteroatoms. The standard InChI is InChI=1S/C35H39NO2/c1-23-5-7-24(8-6-23)17-19-35(38)20-18-32-30-15-11-26-21-28(37)14-16-29(26)33(30)31(22-34(32,35)2)25-9-12-27(13-10-25)36(3)4/h5-10,12-13,21,30-32,38H,11,14-16,18,20,22H2,1-4H3/t30-,31+,32-,34-,35-/m0/s1. The molecule has 38 heavy (non-hydrogen) atoms. The monoisotopic (exact) mass is 505 g/mol. The van der Waals surface area contributed by atoms with Crippen molar-refractivity contribution >= 4 is 11.5 Å². The summed E-state index contributed by atoms with van der Waals surface area (Å²) in [6.45, 7) is 4.40. The molecule has 0 aromatic heterocycles. The lowest BCUT2D eigenvalue weighted by Crippen LogP contribution is -2.51. The van der Waals surface area contributed by atoms with Gasteiger partial charge in [-0.3, -0.25) is 4.79 Å². The maximum absolute atomic E-state index is 12.3. The molecule has 0 spiro atoms. The maximum Gasteiger partial charge on any atom is 0.156 e. The Morgan fingerprint density at radius 3 is 2.42 bits per heavy atom. The molecular formula is C35H39NO2. The van der Waals surface area contributed by atoms with E-state index in [9.17, 15) is 9.90 Å². The van der Waals surface area contributed by atoms with Crippen molar-refractivity contribution < 1.29 is 9.90 Å². The number of aryl methyl sites for hydroxylation is 1. The van der Waals surface area contributed by atoms with E-state index in [-0.39, 0.29) is 17.1 Å². The van der Waals surface area contributed by atoms with Crippen LogP contribution in [0.1, 0.15) is 74.5 Å². The van der Waals surface area contributed by atoms with Crippen molar-refractivity contribution in [1.82, 2.24) is 0 Å². The number of carbonyl (C=O) groups is 1. The van der Waals surface area contributed by atoms with Crippen molar-refractivity contribution in [1.29, 1.82) is 0 Å². The van der Waals surface area contributed by atoms with Crippen molar-refractivity contribution in [3.63, 3.8) is 0 Å². The van der Waals surface area contributed by atoms with Gasteiger partial charge in [0.2, 0.25) is 0 Å². The van der Waals surface area contributed by atoms with Crippen molar-refractivity contribution in [2.45, 2.75) is 70.3 Å². The van der Waals surface area contributed by atoms with Gasteiger partial charge in [-0.25, -0.2) is 0 Å². The number of hydrogen-bond donors (Lipinski definition) is 1. The normalized spacial score (nSPS) is 32.0. The molecule has 2 aromatic rings. The molecule has 2 saturated carbocycles. The zero-order valence-electron chi connectivity index (χ0n) is 23.2. The van der Waals surface area contributed by atoms with Crippen LogP contribution in [-0.4, -0.2) is 30.6 Å². The van der Waals surface area contributed by atoms with Gasteiger partial charge in [0.15, 0.2) is 5.78 Å². The topological polar surface area (TPSA) is 40.5 Å². The Labute approximate surface area is 227 Å². The molecule has 6 rings (SSSR count). The minimum atomic E-state index is -1.01. The number of anilines is 1. The lowest BCUT2D eigenvalue weighted by molar-refractivity contribution is -0.114. The first-order valence-corrected chi connectivity index (χ1v) is 14.2. The molecule has 196 valence electrons. The van der Waals surface area contributed by atoms with Gasteiger partial charge >= 0.3 is 0 Å². The Balaban J connectivity index is 1.45. The molecule has 0 heterocycles. The highest BCUT2D eigenvalue weighted by Gasteiger charge is 2.62. The number of hydrogen-bond acceptors (Lipinski definition) is 3. The minimum absolute atomic E-state index is 0.232.